The summed E-state index contributed by atoms with van der Waals surface area (Å²) < 4.78 is 44.8. The average Bonchev–Trinajstić information content (AvgIpc) is 3.28. The van der Waals surface area contributed by atoms with Crippen molar-refractivity contribution in [2.24, 2.45) is 0 Å². The average molecular weight is 540 g/mol. The van der Waals surface area contributed by atoms with Gasteiger partial charge in [0.2, 0.25) is 0 Å². The summed E-state index contributed by atoms with van der Waals surface area (Å²) >= 11 is 12.1. The molecule has 10 heteroatoms. The molecule has 0 aliphatic carbocycles. The molecule has 0 bridgehead atoms. The van der Waals surface area contributed by atoms with Crippen molar-refractivity contribution < 1.29 is 12.8 Å². The summed E-state index contributed by atoms with van der Waals surface area (Å²) in [4.78, 5) is 12.7. The molecule has 0 fully saturated rings. The highest BCUT2D eigenvalue weighted by atomic mass is 35.5. The van der Waals surface area contributed by atoms with Gasteiger partial charge in [-0.05, 0) is 59.7 Å². The van der Waals surface area contributed by atoms with Crippen molar-refractivity contribution in [3.05, 3.63) is 116 Å². The van der Waals surface area contributed by atoms with Gasteiger partial charge in [0.15, 0.2) is 0 Å². The van der Waals surface area contributed by atoms with Crippen LogP contribution in [0.3, 0.4) is 0 Å². The van der Waals surface area contributed by atoms with Crippen LogP contribution in [0.15, 0.2) is 88.6 Å². The predicted octanol–water partition coefficient (Wildman–Crippen LogP) is 5.78. The molecule has 0 saturated carbocycles. The minimum absolute atomic E-state index is 0.0444. The molecule has 180 valence electrons. The second-order valence-corrected chi connectivity index (χ2v) is 10.8. The van der Waals surface area contributed by atoms with E-state index in [9.17, 15) is 22.9 Å². The second-order valence-electron chi connectivity index (χ2n) is 8.15. The van der Waals surface area contributed by atoms with E-state index in [2.05, 4.69) is 0 Å². The van der Waals surface area contributed by atoms with Crippen LogP contribution in [0.1, 0.15) is 17.2 Å². The molecule has 0 N–H and O–H groups in total. The molecule has 1 atom stereocenters. The van der Waals surface area contributed by atoms with Gasteiger partial charge in [0.25, 0.3) is 15.6 Å². The first-order valence-corrected chi connectivity index (χ1v) is 12.9. The summed E-state index contributed by atoms with van der Waals surface area (Å²) in [6.07, 6.45) is 0. The van der Waals surface area contributed by atoms with E-state index in [0.29, 0.717) is 26.7 Å². The molecular weight excluding hydrogens is 524 g/mol. The lowest BCUT2D eigenvalue weighted by atomic mass is 10.1. The Hall–Kier alpha value is -3.64. The number of halogens is 3. The summed E-state index contributed by atoms with van der Waals surface area (Å²) in [5.74, 6) is -0.668. The molecule has 36 heavy (non-hydrogen) atoms. The Labute approximate surface area is 216 Å². The Bertz CT molecular complexity index is 1700. The number of nitriles is 1. The number of hydrogen-bond donors (Lipinski definition) is 0. The quantitative estimate of drug-likeness (QED) is 0.329. The fourth-order valence-electron chi connectivity index (χ4n) is 4.30. The normalized spacial score (nSPS) is 14.9. The third-order valence-electron chi connectivity index (χ3n) is 6.03. The van der Waals surface area contributed by atoms with E-state index in [4.69, 9.17) is 23.2 Å². The van der Waals surface area contributed by atoms with E-state index in [0.717, 1.165) is 22.5 Å². The first-order valence-electron chi connectivity index (χ1n) is 10.7. The van der Waals surface area contributed by atoms with Crippen LogP contribution in [0.25, 0.3) is 11.1 Å². The molecule has 0 spiro atoms. The highest BCUT2D eigenvalue weighted by Crippen LogP contribution is 2.44. The first-order chi connectivity index (χ1) is 17.2. The van der Waals surface area contributed by atoms with Gasteiger partial charge in [0.1, 0.15) is 17.7 Å². The van der Waals surface area contributed by atoms with Crippen molar-refractivity contribution >= 4 is 39.0 Å². The minimum atomic E-state index is -4.37. The number of hydrogen-bond acceptors (Lipinski definition) is 4. The standard InChI is InChI=1S/C26H16Cl2FN3O3S/c27-19-5-1-16(2-6-19)22-10-12-25(33)31-15-24(17-3-7-20(28)8-4-17)32(26(22)31)36(34,35)21-9-11-23(29)18(13-21)14-30/h1-13,24H,15H2/t24-/m0/s1. The second kappa shape index (κ2) is 9.10. The zero-order valence-electron chi connectivity index (χ0n) is 18.4. The molecule has 6 nitrogen and oxygen atoms in total. The zero-order chi connectivity index (χ0) is 25.6. The van der Waals surface area contributed by atoms with Crippen molar-refractivity contribution in [3.63, 3.8) is 0 Å². The summed E-state index contributed by atoms with van der Waals surface area (Å²) in [5, 5.41) is 10.2. The van der Waals surface area contributed by atoms with Gasteiger partial charge in [-0.1, -0.05) is 47.5 Å². The van der Waals surface area contributed by atoms with Gasteiger partial charge < -0.3 is 0 Å². The molecule has 1 aliphatic heterocycles. The Morgan fingerprint density at radius 3 is 2.19 bits per heavy atom. The zero-order valence-corrected chi connectivity index (χ0v) is 20.7. The number of benzene rings is 3. The lowest BCUT2D eigenvalue weighted by Gasteiger charge is -2.27. The van der Waals surface area contributed by atoms with E-state index in [1.165, 1.54) is 10.6 Å². The fraction of sp³-hybridized carbons (Fsp3) is 0.0769. The SMILES string of the molecule is N#Cc1cc(S(=O)(=O)N2c3c(-c4ccc(Cl)cc4)ccc(=O)n3C[C@H]2c2ccc(Cl)cc2)ccc1F. The van der Waals surface area contributed by atoms with Gasteiger partial charge >= 0.3 is 0 Å². The predicted molar refractivity (Wildman–Crippen MR) is 136 cm³/mol. The number of nitrogens with zero attached hydrogens (tertiary/aromatic N) is 3. The van der Waals surface area contributed by atoms with E-state index in [1.54, 1.807) is 60.7 Å². The van der Waals surface area contributed by atoms with Crippen LogP contribution >= 0.6 is 23.2 Å². The first kappa shape index (κ1) is 24.1. The van der Waals surface area contributed by atoms with Crippen LogP contribution < -0.4 is 9.86 Å². The van der Waals surface area contributed by atoms with Crippen molar-refractivity contribution in [1.82, 2.24) is 4.57 Å². The van der Waals surface area contributed by atoms with Crippen molar-refractivity contribution in [3.8, 4) is 17.2 Å². The van der Waals surface area contributed by atoms with Crippen LogP contribution in [-0.2, 0) is 16.6 Å². The number of sulfonamides is 1. The molecule has 5 rings (SSSR count). The monoisotopic (exact) mass is 539 g/mol. The molecule has 4 aromatic rings. The van der Waals surface area contributed by atoms with Gasteiger partial charge in [-0.3, -0.25) is 9.36 Å². The molecule has 2 heterocycles. The molecule has 1 aromatic heterocycles. The largest absolute Gasteiger partial charge is 0.291 e. The lowest BCUT2D eigenvalue weighted by Crippen LogP contribution is -2.33. The van der Waals surface area contributed by atoms with Crippen LogP contribution in [0.4, 0.5) is 10.2 Å². The number of fused-ring (bicyclic) bond motifs is 1. The Kier molecular flexibility index (Phi) is 6.08. The summed E-state index contributed by atoms with van der Waals surface area (Å²) in [6, 6.07) is 20.3. The number of anilines is 1. The smallest absolute Gasteiger partial charge is 0.266 e. The topological polar surface area (TPSA) is 83.2 Å². The van der Waals surface area contributed by atoms with Gasteiger partial charge in [-0.2, -0.15) is 5.26 Å². The third kappa shape index (κ3) is 4.05. The Balaban J connectivity index is 1.79. The van der Waals surface area contributed by atoms with Crippen molar-refractivity contribution in [1.29, 1.82) is 5.26 Å². The third-order valence-corrected chi connectivity index (χ3v) is 8.33. The van der Waals surface area contributed by atoms with E-state index < -0.39 is 27.4 Å². The molecular formula is C26H16Cl2FN3O3S. The van der Waals surface area contributed by atoms with Gasteiger partial charge in [-0.25, -0.2) is 17.1 Å². The molecule has 0 amide bonds. The molecule has 1 aliphatic rings. The molecule has 0 radical (unpaired) electrons. The number of rotatable bonds is 4. The maximum Gasteiger partial charge on any atom is 0.266 e. The summed E-state index contributed by atoms with van der Waals surface area (Å²) in [6.45, 7) is 0.0444. The van der Waals surface area contributed by atoms with Crippen molar-refractivity contribution in [2.75, 3.05) is 4.31 Å². The highest BCUT2D eigenvalue weighted by molar-refractivity contribution is 7.92. The lowest BCUT2D eigenvalue weighted by molar-refractivity contribution is 0.575. The van der Waals surface area contributed by atoms with Crippen LogP contribution in [0.5, 0.6) is 0 Å². The summed E-state index contributed by atoms with van der Waals surface area (Å²) in [5.41, 5.74) is 0.972. The Morgan fingerprint density at radius 1 is 0.917 bits per heavy atom. The molecule has 0 saturated heterocycles. The summed E-state index contributed by atoms with van der Waals surface area (Å²) in [7, 11) is -4.37. The molecule has 3 aromatic carbocycles. The van der Waals surface area contributed by atoms with Crippen LogP contribution in [-0.4, -0.2) is 13.0 Å². The number of pyridine rings is 1. The maximum atomic E-state index is 14.1. The molecule has 0 unspecified atom stereocenters. The van der Waals surface area contributed by atoms with Gasteiger partial charge in [-0.15, -0.1) is 0 Å². The van der Waals surface area contributed by atoms with E-state index >= 15 is 0 Å². The minimum Gasteiger partial charge on any atom is -0.291 e. The van der Waals surface area contributed by atoms with Gasteiger partial charge in [0, 0.05) is 21.7 Å². The fourth-order valence-corrected chi connectivity index (χ4v) is 6.24. The Morgan fingerprint density at radius 2 is 1.56 bits per heavy atom. The highest BCUT2D eigenvalue weighted by Gasteiger charge is 2.42. The van der Waals surface area contributed by atoms with Gasteiger partial charge in [0.05, 0.1) is 23.0 Å². The van der Waals surface area contributed by atoms with Crippen LogP contribution in [0, 0.1) is 17.1 Å². The van der Waals surface area contributed by atoms with E-state index in [-0.39, 0.29) is 22.8 Å². The van der Waals surface area contributed by atoms with Crippen molar-refractivity contribution in [2.45, 2.75) is 17.5 Å². The number of aromatic nitrogens is 1. The maximum absolute atomic E-state index is 14.1. The van der Waals surface area contributed by atoms with E-state index in [1.807, 2.05) is 0 Å². The van der Waals surface area contributed by atoms with Crippen LogP contribution in [0.2, 0.25) is 10.0 Å².